The van der Waals surface area contributed by atoms with Crippen molar-refractivity contribution >= 4 is 23.8 Å². The molecular weight excluding hydrogens is 420 g/mol. The molecule has 4 rings (SSSR count). The lowest BCUT2D eigenvalue weighted by Crippen LogP contribution is -2.15. The Morgan fingerprint density at radius 3 is 2.47 bits per heavy atom. The van der Waals surface area contributed by atoms with E-state index in [0.29, 0.717) is 23.7 Å². The number of hydrogen-bond acceptors (Lipinski definition) is 4. The van der Waals surface area contributed by atoms with E-state index in [1.807, 2.05) is 90.4 Å². The van der Waals surface area contributed by atoms with E-state index >= 15 is 0 Å². The van der Waals surface area contributed by atoms with Crippen molar-refractivity contribution in [1.29, 1.82) is 0 Å². The Morgan fingerprint density at radius 1 is 1.00 bits per heavy atom. The Labute approximate surface area is 191 Å². The first-order chi connectivity index (χ1) is 15.7. The molecule has 0 saturated carbocycles. The molecule has 3 aromatic carbocycles. The highest BCUT2D eigenvalue weighted by atomic mass is 32.1. The van der Waals surface area contributed by atoms with Gasteiger partial charge in [0.05, 0.1) is 6.61 Å². The highest BCUT2D eigenvalue weighted by molar-refractivity contribution is 7.71. The number of carbonyl (C=O) groups excluding carboxylic acids is 1. The number of hydrogen-bond donors (Lipinski definition) is 2. The third kappa shape index (κ3) is 4.95. The average molecular weight is 445 g/mol. The summed E-state index contributed by atoms with van der Waals surface area (Å²) in [5.74, 6) is 1.40. The minimum Gasteiger partial charge on any atom is -0.494 e. The van der Waals surface area contributed by atoms with Gasteiger partial charge >= 0.3 is 0 Å². The molecule has 2 N–H and O–H groups in total. The van der Waals surface area contributed by atoms with Gasteiger partial charge in [-0.2, -0.15) is 5.10 Å². The molecule has 0 radical (unpaired) electrons. The first-order valence-electron chi connectivity index (χ1n) is 10.5. The van der Waals surface area contributed by atoms with E-state index in [-0.39, 0.29) is 12.3 Å². The molecule has 1 aromatic heterocycles. The van der Waals surface area contributed by atoms with E-state index in [1.165, 1.54) is 0 Å². The number of anilines is 1. The number of nitrogens with zero attached hydrogens (tertiary/aromatic N) is 2. The molecule has 6 nitrogen and oxygen atoms in total. The van der Waals surface area contributed by atoms with Gasteiger partial charge in [0.1, 0.15) is 5.75 Å². The van der Waals surface area contributed by atoms with Crippen LogP contribution in [0.15, 0.2) is 78.9 Å². The number of H-pyrrole nitrogens is 1. The summed E-state index contributed by atoms with van der Waals surface area (Å²) in [5, 5.41) is 10.2. The molecular formula is C25H24N4O2S. The van der Waals surface area contributed by atoms with Crippen LogP contribution in [0.3, 0.4) is 0 Å². The molecule has 7 heteroatoms. The maximum atomic E-state index is 12.8. The van der Waals surface area contributed by atoms with E-state index in [9.17, 15) is 4.79 Å². The van der Waals surface area contributed by atoms with Crippen LogP contribution in [-0.2, 0) is 11.3 Å². The molecule has 0 fully saturated rings. The van der Waals surface area contributed by atoms with Crippen molar-refractivity contribution in [2.24, 2.45) is 0 Å². The molecule has 0 saturated heterocycles. The summed E-state index contributed by atoms with van der Waals surface area (Å²) >= 11 is 5.40. The van der Waals surface area contributed by atoms with Crippen LogP contribution in [0, 0.1) is 4.77 Å². The van der Waals surface area contributed by atoms with Crippen LogP contribution in [0.25, 0.3) is 22.5 Å². The van der Waals surface area contributed by atoms with Crippen LogP contribution in [-0.4, -0.2) is 27.3 Å². The Hall–Kier alpha value is -3.71. The summed E-state index contributed by atoms with van der Waals surface area (Å²) < 4.78 is 7.82. The number of aromatic nitrogens is 3. The van der Waals surface area contributed by atoms with Crippen molar-refractivity contribution in [3.05, 3.63) is 83.6 Å². The molecule has 1 amide bonds. The summed E-state index contributed by atoms with van der Waals surface area (Å²) in [6.07, 6.45) is 0.265. The normalized spacial score (nSPS) is 10.7. The number of rotatable bonds is 8. The quantitative estimate of drug-likeness (QED) is 0.342. The smallest absolute Gasteiger partial charge is 0.226 e. The van der Waals surface area contributed by atoms with Crippen molar-refractivity contribution in [3.8, 4) is 28.3 Å². The lowest BCUT2D eigenvalue weighted by molar-refractivity contribution is -0.116. The van der Waals surface area contributed by atoms with Gasteiger partial charge in [-0.05, 0) is 55.0 Å². The van der Waals surface area contributed by atoms with Gasteiger partial charge in [-0.1, -0.05) is 48.5 Å². The zero-order valence-electron chi connectivity index (χ0n) is 17.7. The van der Waals surface area contributed by atoms with Crippen molar-refractivity contribution in [2.75, 3.05) is 11.9 Å². The van der Waals surface area contributed by atoms with Gasteiger partial charge < -0.3 is 10.1 Å². The Balaban J connectivity index is 1.47. The predicted molar refractivity (Wildman–Crippen MR) is 129 cm³/mol. The lowest BCUT2D eigenvalue weighted by Gasteiger charge is -2.12. The largest absolute Gasteiger partial charge is 0.494 e. The standard InChI is InChI=1S/C25H24N4O2S/c1-2-31-20-14-12-19(13-15-20)24-27-28-25(32)29(24)17-16-23(30)26-22-11-7-6-10-21(22)18-8-4-3-5-9-18/h3-15H,2,16-17H2,1H3,(H,26,30)(H,28,32). The first kappa shape index (κ1) is 21.5. The number of ether oxygens (including phenoxy) is 1. The fourth-order valence-corrected chi connectivity index (χ4v) is 3.72. The van der Waals surface area contributed by atoms with E-state index in [1.54, 1.807) is 0 Å². The number of para-hydroxylation sites is 1. The molecule has 0 unspecified atom stereocenters. The van der Waals surface area contributed by atoms with Gasteiger partial charge in [-0.15, -0.1) is 0 Å². The number of carbonyl (C=O) groups is 1. The third-order valence-electron chi connectivity index (χ3n) is 5.03. The van der Waals surface area contributed by atoms with E-state index in [0.717, 1.165) is 28.1 Å². The molecule has 0 atom stereocenters. The lowest BCUT2D eigenvalue weighted by atomic mass is 10.0. The third-order valence-corrected chi connectivity index (χ3v) is 5.34. The Kier molecular flexibility index (Phi) is 6.77. The van der Waals surface area contributed by atoms with Gasteiger partial charge in [0.2, 0.25) is 5.91 Å². The molecule has 0 spiro atoms. The molecule has 0 aliphatic carbocycles. The Morgan fingerprint density at radius 2 is 1.72 bits per heavy atom. The van der Waals surface area contributed by atoms with Gasteiger partial charge in [-0.3, -0.25) is 14.5 Å². The van der Waals surface area contributed by atoms with Crippen LogP contribution in [0.2, 0.25) is 0 Å². The van der Waals surface area contributed by atoms with Gasteiger partial charge in [0.15, 0.2) is 10.6 Å². The highest BCUT2D eigenvalue weighted by Gasteiger charge is 2.12. The SMILES string of the molecule is CCOc1ccc(-c2n[nH]c(=S)n2CCC(=O)Nc2ccccc2-c2ccccc2)cc1. The van der Waals surface area contributed by atoms with E-state index in [2.05, 4.69) is 15.5 Å². The molecule has 32 heavy (non-hydrogen) atoms. The van der Waals surface area contributed by atoms with Crippen LogP contribution in [0.5, 0.6) is 5.75 Å². The monoisotopic (exact) mass is 444 g/mol. The van der Waals surface area contributed by atoms with Crippen molar-refractivity contribution in [1.82, 2.24) is 14.8 Å². The van der Waals surface area contributed by atoms with E-state index < -0.39 is 0 Å². The topological polar surface area (TPSA) is 71.9 Å². The summed E-state index contributed by atoms with van der Waals surface area (Å²) in [6, 6.07) is 25.4. The minimum atomic E-state index is -0.0888. The van der Waals surface area contributed by atoms with Crippen LogP contribution < -0.4 is 10.1 Å². The summed E-state index contributed by atoms with van der Waals surface area (Å²) in [4.78, 5) is 12.8. The molecule has 0 aliphatic heterocycles. The second kappa shape index (κ2) is 10.1. The highest BCUT2D eigenvalue weighted by Crippen LogP contribution is 2.28. The van der Waals surface area contributed by atoms with Crippen molar-refractivity contribution in [3.63, 3.8) is 0 Å². The fourth-order valence-electron chi connectivity index (χ4n) is 3.50. The molecule has 4 aromatic rings. The zero-order chi connectivity index (χ0) is 22.3. The summed E-state index contributed by atoms with van der Waals surface area (Å²) in [6.45, 7) is 2.97. The summed E-state index contributed by atoms with van der Waals surface area (Å²) in [5.41, 5.74) is 3.72. The number of benzene rings is 3. The number of aromatic amines is 1. The van der Waals surface area contributed by atoms with Gasteiger partial charge in [-0.25, -0.2) is 0 Å². The van der Waals surface area contributed by atoms with E-state index in [4.69, 9.17) is 17.0 Å². The zero-order valence-corrected chi connectivity index (χ0v) is 18.6. The number of nitrogens with one attached hydrogen (secondary N) is 2. The van der Waals surface area contributed by atoms with Gasteiger partial charge in [0, 0.05) is 29.8 Å². The van der Waals surface area contributed by atoms with Crippen LogP contribution in [0.1, 0.15) is 13.3 Å². The molecule has 0 aliphatic rings. The fraction of sp³-hybridized carbons (Fsp3) is 0.160. The average Bonchev–Trinajstić information content (AvgIpc) is 3.19. The van der Waals surface area contributed by atoms with Crippen molar-refractivity contribution < 1.29 is 9.53 Å². The molecule has 0 bridgehead atoms. The second-order valence-corrected chi connectivity index (χ2v) is 7.56. The molecule has 162 valence electrons. The predicted octanol–water partition coefficient (Wildman–Crippen LogP) is 5.70. The number of amides is 1. The van der Waals surface area contributed by atoms with Crippen LogP contribution >= 0.6 is 12.2 Å². The van der Waals surface area contributed by atoms with Crippen molar-refractivity contribution in [2.45, 2.75) is 19.9 Å². The second-order valence-electron chi connectivity index (χ2n) is 7.17. The maximum Gasteiger partial charge on any atom is 0.226 e. The Bertz CT molecular complexity index is 1250. The van der Waals surface area contributed by atoms with Crippen LogP contribution in [0.4, 0.5) is 5.69 Å². The first-order valence-corrected chi connectivity index (χ1v) is 10.9. The van der Waals surface area contributed by atoms with Gasteiger partial charge in [0.25, 0.3) is 0 Å². The molecule has 1 heterocycles. The summed E-state index contributed by atoms with van der Waals surface area (Å²) in [7, 11) is 0. The maximum absolute atomic E-state index is 12.8. The minimum absolute atomic E-state index is 0.0888.